The number of rotatable bonds is 2. The van der Waals surface area contributed by atoms with Crippen LogP contribution in [-0.4, -0.2) is 0 Å². The van der Waals surface area contributed by atoms with E-state index in [1.165, 1.54) is 0 Å². The summed E-state index contributed by atoms with van der Waals surface area (Å²) in [5.74, 6) is 6.21. The minimum absolute atomic E-state index is 0.926. The van der Waals surface area contributed by atoms with Crippen molar-refractivity contribution >= 4 is 0 Å². The lowest BCUT2D eigenvalue weighted by atomic mass is 9.80. The molecule has 3 rings (SSSR count). The number of hydrogen-bond acceptors (Lipinski definition) is 0. The highest BCUT2D eigenvalue weighted by Crippen LogP contribution is 2.60. The molecule has 0 saturated heterocycles. The molecule has 0 aromatic rings. The highest BCUT2D eigenvalue weighted by molar-refractivity contribution is 5.02. The van der Waals surface area contributed by atoms with E-state index < -0.39 is 0 Å². The van der Waals surface area contributed by atoms with Crippen LogP contribution in [0.4, 0.5) is 0 Å². The van der Waals surface area contributed by atoms with Gasteiger partial charge in [-0.1, -0.05) is 27.7 Å². The summed E-state index contributed by atoms with van der Waals surface area (Å²) in [7, 11) is 0. The van der Waals surface area contributed by atoms with Gasteiger partial charge < -0.3 is 0 Å². The van der Waals surface area contributed by atoms with Gasteiger partial charge in [0.1, 0.15) is 0 Å². The summed E-state index contributed by atoms with van der Waals surface area (Å²) < 4.78 is 0. The fourth-order valence-corrected chi connectivity index (χ4v) is 3.94. The smallest absolute Gasteiger partial charge is 0.0329 e. The second kappa shape index (κ2) is 2.75. The van der Waals surface area contributed by atoms with Crippen molar-refractivity contribution in [3.8, 4) is 0 Å². The Morgan fingerprint density at radius 3 is 1.33 bits per heavy atom. The summed E-state index contributed by atoms with van der Waals surface area (Å²) in [6, 6.07) is 0. The van der Waals surface area contributed by atoms with E-state index in [9.17, 15) is 0 Å². The fourth-order valence-electron chi connectivity index (χ4n) is 3.94. The zero-order chi connectivity index (χ0) is 8.88. The van der Waals surface area contributed by atoms with Crippen LogP contribution in [0.15, 0.2) is 0 Å². The standard InChI is InChI=1S/C12H22/c1-7(2)11-9-5-10(6-9)12(11)8(3)4/h7-12H,5-6H2,1-4H3. The molecule has 0 aromatic heterocycles. The van der Waals surface area contributed by atoms with Gasteiger partial charge in [0.15, 0.2) is 0 Å². The molecular formula is C12H22. The van der Waals surface area contributed by atoms with Gasteiger partial charge in [0.05, 0.1) is 0 Å². The lowest BCUT2D eigenvalue weighted by molar-refractivity contribution is 0.228. The maximum atomic E-state index is 2.42. The van der Waals surface area contributed by atoms with Crippen molar-refractivity contribution < 1.29 is 0 Å². The first-order valence-electron chi connectivity index (χ1n) is 5.61. The molecule has 3 saturated carbocycles. The summed E-state index contributed by atoms with van der Waals surface area (Å²) in [4.78, 5) is 0. The van der Waals surface area contributed by atoms with Crippen molar-refractivity contribution in [2.45, 2.75) is 40.5 Å². The van der Waals surface area contributed by atoms with Crippen molar-refractivity contribution in [2.24, 2.45) is 35.5 Å². The predicted molar refractivity (Wildman–Crippen MR) is 52.9 cm³/mol. The second-order valence-corrected chi connectivity index (χ2v) is 5.63. The first kappa shape index (κ1) is 8.59. The Morgan fingerprint density at radius 1 is 0.750 bits per heavy atom. The van der Waals surface area contributed by atoms with Crippen LogP contribution in [-0.2, 0) is 0 Å². The van der Waals surface area contributed by atoms with Crippen LogP contribution >= 0.6 is 0 Å². The molecular weight excluding hydrogens is 144 g/mol. The van der Waals surface area contributed by atoms with Crippen LogP contribution in [0.3, 0.4) is 0 Å². The molecule has 70 valence electrons. The van der Waals surface area contributed by atoms with E-state index in [1.54, 1.807) is 12.8 Å². The molecule has 0 nitrogen and oxygen atoms in total. The monoisotopic (exact) mass is 166 g/mol. The van der Waals surface area contributed by atoms with Crippen molar-refractivity contribution in [1.29, 1.82) is 0 Å². The zero-order valence-corrected chi connectivity index (χ0v) is 8.88. The molecule has 2 bridgehead atoms. The van der Waals surface area contributed by atoms with Crippen LogP contribution in [0, 0.1) is 35.5 Å². The van der Waals surface area contributed by atoms with E-state index in [1.807, 2.05) is 0 Å². The second-order valence-electron chi connectivity index (χ2n) is 5.63. The Bertz CT molecular complexity index is 145. The molecule has 3 aliphatic carbocycles. The normalized spacial score (nSPS) is 45.5. The van der Waals surface area contributed by atoms with Gasteiger partial charge in [-0.3, -0.25) is 0 Å². The third-order valence-electron chi connectivity index (χ3n) is 4.28. The van der Waals surface area contributed by atoms with Crippen LogP contribution in [0.25, 0.3) is 0 Å². The molecule has 0 aromatic carbocycles. The van der Waals surface area contributed by atoms with Crippen molar-refractivity contribution in [1.82, 2.24) is 0 Å². The lowest BCUT2D eigenvalue weighted by Gasteiger charge is -2.25. The van der Waals surface area contributed by atoms with Gasteiger partial charge in [-0.05, 0) is 48.3 Å². The zero-order valence-electron chi connectivity index (χ0n) is 8.88. The molecule has 0 heterocycles. The highest BCUT2D eigenvalue weighted by Gasteiger charge is 2.53. The van der Waals surface area contributed by atoms with Crippen molar-refractivity contribution in [3.63, 3.8) is 0 Å². The highest BCUT2D eigenvalue weighted by atomic mass is 14.6. The molecule has 0 N–H and O–H groups in total. The van der Waals surface area contributed by atoms with E-state index in [4.69, 9.17) is 0 Å². The number of fused-ring (bicyclic) bond motifs is 1. The van der Waals surface area contributed by atoms with E-state index in [-0.39, 0.29) is 0 Å². The molecule has 2 atom stereocenters. The van der Waals surface area contributed by atoms with Gasteiger partial charge >= 0.3 is 0 Å². The predicted octanol–water partition coefficient (Wildman–Crippen LogP) is 3.57. The fraction of sp³-hybridized carbons (Fsp3) is 1.00. The molecule has 0 radical (unpaired) electrons. The Kier molecular flexibility index (Phi) is 1.97. The summed E-state index contributed by atoms with van der Waals surface area (Å²) in [6.45, 7) is 9.67. The Labute approximate surface area is 76.7 Å². The minimum Gasteiger partial charge on any atom is -0.0625 e. The van der Waals surface area contributed by atoms with Crippen LogP contribution in [0.1, 0.15) is 40.5 Å². The van der Waals surface area contributed by atoms with Gasteiger partial charge in [0.25, 0.3) is 0 Å². The van der Waals surface area contributed by atoms with Crippen molar-refractivity contribution in [2.75, 3.05) is 0 Å². The van der Waals surface area contributed by atoms with Crippen molar-refractivity contribution in [3.05, 3.63) is 0 Å². The van der Waals surface area contributed by atoms with E-state index in [0.29, 0.717) is 0 Å². The molecule has 0 amide bonds. The van der Waals surface area contributed by atoms with E-state index in [2.05, 4.69) is 27.7 Å². The van der Waals surface area contributed by atoms with E-state index >= 15 is 0 Å². The molecule has 2 unspecified atom stereocenters. The topological polar surface area (TPSA) is 0 Å². The first-order chi connectivity index (χ1) is 5.61. The van der Waals surface area contributed by atoms with Crippen LogP contribution in [0.2, 0.25) is 0 Å². The van der Waals surface area contributed by atoms with Gasteiger partial charge in [-0.15, -0.1) is 0 Å². The number of hydrogen-bond donors (Lipinski definition) is 0. The lowest BCUT2D eigenvalue weighted by Crippen LogP contribution is -2.20. The Hall–Kier alpha value is 0. The van der Waals surface area contributed by atoms with Crippen LogP contribution in [0.5, 0.6) is 0 Å². The molecule has 12 heavy (non-hydrogen) atoms. The third-order valence-corrected chi connectivity index (χ3v) is 4.28. The largest absolute Gasteiger partial charge is 0.0625 e. The molecule has 0 aliphatic heterocycles. The molecule has 0 heteroatoms. The maximum Gasteiger partial charge on any atom is -0.0329 e. The summed E-state index contributed by atoms with van der Waals surface area (Å²) in [5, 5.41) is 0. The summed E-state index contributed by atoms with van der Waals surface area (Å²) in [5.41, 5.74) is 0. The summed E-state index contributed by atoms with van der Waals surface area (Å²) in [6.07, 6.45) is 3.12. The maximum absolute atomic E-state index is 2.42. The minimum atomic E-state index is 0.926. The van der Waals surface area contributed by atoms with Gasteiger partial charge in [-0.25, -0.2) is 0 Å². The van der Waals surface area contributed by atoms with E-state index in [0.717, 1.165) is 35.5 Å². The quantitative estimate of drug-likeness (QED) is 0.588. The average molecular weight is 166 g/mol. The van der Waals surface area contributed by atoms with Gasteiger partial charge in [-0.2, -0.15) is 0 Å². The Balaban J connectivity index is 2.11. The van der Waals surface area contributed by atoms with Gasteiger partial charge in [0.2, 0.25) is 0 Å². The van der Waals surface area contributed by atoms with Gasteiger partial charge in [0, 0.05) is 0 Å². The summed E-state index contributed by atoms with van der Waals surface area (Å²) >= 11 is 0. The SMILES string of the molecule is CC(C)C1C2CC(C2)C1C(C)C. The molecule has 0 spiro atoms. The molecule has 3 fully saturated rings. The average Bonchev–Trinajstić information content (AvgIpc) is 2.34. The Morgan fingerprint density at radius 2 is 1.08 bits per heavy atom. The van der Waals surface area contributed by atoms with Crippen LogP contribution < -0.4 is 0 Å². The first-order valence-corrected chi connectivity index (χ1v) is 5.61. The molecule has 3 aliphatic rings. The third kappa shape index (κ3) is 1.03.